The molecule has 0 fully saturated rings. The highest BCUT2D eigenvalue weighted by atomic mass is 32.2. The molecule has 2 nitrogen and oxygen atoms in total. The highest BCUT2D eigenvalue weighted by Gasteiger charge is 1.99. The lowest BCUT2D eigenvalue weighted by Crippen LogP contribution is -1.83. The van der Waals surface area contributed by atoms with Crippen LogP contribution in [-0.2, 0) is 4.79 Å². The molecule has 1 aromatic rings. The van der Waals surface area contributed by atoms with Crippen LogP contribution in [0.3, 0.4) is 0 Å². The highest BCUT2D eigenvalue weighted by Crippen LogP contribution is 2.17. The smallest absolute Gasteiger partial charge is 0.185 e. The Kier molecular flexibility index (Phi) is 5.05. The number of thioether (sulfide) groups is 1. The zero-order valence-electron chi connectivity index (χ0n) is 9.24. The summed E-state index contributed by atoms with van der Waals surface area (Å²) in [6.45, 7) is 5.70. The van der Waals surface area contributed by atoms with Gasteiger partial charge in [-0.2, -0.15) is 0 Å². The molecule has 0 atom stereocenters. The van der Waals surface area contributed by atoms with E-state index in [0.717, 1.165) is 22.9 Å². The second kappa shape index (κ2) is 6.08. The van der Waals surface area contributed by atoms with Gasteiger partial charge in [-0.15, -0.1) is 11.3 Å². The van der Waals surface area contributed by atoms with Crippen molar-refractivity contribution in [2.75, 3.05) is 5.75 Å². The Hall–Kier alpha value is -0.610. The van der Waals surface area contributed by atoms with E-state index in [1.54, 1.807) is 18.3 Å². The summed E-state index contributed by atoms with van der Waals surface area (Å²) in [6, 6.07) is 0. The minimum Gasteiger partial charge on any atom is -0.288 e. The summed E-state index contributed by atoms with van der Waals surface area (Å²) in [4.78, 5) is 16.3. The van der Waals surface area contributed by atoms with Crippen LogP contribution in [0.15, 0.2) is 6.08 Å². The number of carbonyl (C=O) groups is 1. The molecule has 0 amide bonds. The van der Waals surface area contributed by atoms with Gasteiger partial charge < -0.3 is 0 Å². The van der Waals surface area contributed by atoms with Crippen LogP contribution in [0.25, 0.3) is 6.08 Å². The molecule has 0 spiro atoms. The maximum absolute atomic E-state index is 10.7. The first-order valence-corrected chi connectivity index (χ1v) is 6.63. The van der Waals surface area contributed by atoms with E-state index in [2.05, 4.69) is 18.0 Å². The Bertz CT molecular complexity index is 349. The molecular weight excluding hydrogens is 226 g/mol. The number of rotatable bonds is 4. The maximum Gasteiger partial charge on any atom is 0.185 e. The lowest BCUT2D eigenvalue weighted by molar-refractivity contribution is -0.109. The van der Waals surface area contributed by atoms with E-state index < -0.39 is 0 Å². The van der Waals surface area contributed by atoms with Crippen molar-refractivity contribution < 1.29 is 4.79 Å². The van der Waals surface area contributed by atoms with E-state index in [4.69, 9.17) is 0 Å². The molecule has 82 valence electrons. The van der Waals surface area contributed by atoms with Gasteiger partial charge in [-0.1, -0.05) is 17.8 Å². The molecule has 0 unspecified atom stereocenters. The van der Waals surface area contributed by atoms with Gasteiger partial charge in [0.05, 0.1) is 5.69 Å². The molecule has 0 N–H and O–H groups in total. The second-order valence-corrected chi connectivity index (χ2v) is 5.73. The predicted octanol–water partition coefficient (Wildman–Crippen LogP) is 3.44. The third-order valence-electron chi connectivity index (χ3n) is 1.90. The van der Waals surface area contributed by atoms with Crippen molar-refractivity contribution in [3.05, 3.63) is 21.7 Å². The van der Waals surface area contributed by atoms with Gasteiger partial charge in [0.15, 0.2) is 5.12 Å². The summed E-state index contributed by atoms with van der Waals surface area (Å²) in [5, 5.41) is 1.24. The van der Waals surface area contributed by atoms with Crippen LogP contribution in [0.2, 0.25) is 0 Å². The van der Waals surface area contributed by atoms with Crippen LogP contribution in [0.4, 0.5) is 0 Å². The van der Waals surface area contributed by atoms with E-state index in [1.165, 1.54) is 16.6 Å². The van der Waals surface area contributed by atoms with Crippen molar-refractivity contribution in [2.45, 2.75) is 27.2 Å². The topological polar surface area (TPSA) is 30.0 Å². The van der Waals surface area contributed by atoms with E-state index in [0.29, 0.717) is 0 Å². The standard InChI is InChI=1S/C11H15NOS2/c1-8-9(2)15-11(12-8)6-4-5-7-14-10(3)13/h4,6H,5,7H2,1-3H3. The molecule has 0 saturated heterocycles. The summed E-state index contributed by atoms with van der Waals surface area (Å²) in [6.07, 6.45) is 5.03. The molecule has 0 aromatic carbocycles. The number of hydrogen-bond donors (Lipinski definition) is 0. The van der Waals surface area contributed by atoms with Crippen LogP contribution in [0.1, 0.15) is 28.9 Å². The highest BCUT2D eigenvalue weighted by molar-refractivity contribution is 8.13. The van der Waals surface area contributed by atoms with Gasteiger partial charge in [-0.25, -0.2) is 4.98 Å². The first kappa shape index (κ1) is 12.5. The van der Waals surface area contributed by atoms with Crippen molar-refractivity contribution in [1.82, 2.24) is 4.98 Å². The van der Waals surface area contributed by atoms with E-state index in [1.807, 2.05) is 13.0 Å². The van der Waals surface area contributed by atoms with E-state index >= 15 is 0 Å². The van der Waals surface area contributed by atoms with E-state index in [9.17, 15) is 4.79 Å². The van der Waals surface area contributed by atoms with Gasteiger partial charge in [-0.3, -0.25) is 4.79 Å². The van der Waals surface area contributed by atoms with Crippen molar-refractivity contribution in [1.29, 1.82) is 0 Å². The quantitative estimate of drug-likeness (QED) is 0.756. The molecule has 1 rings (SSSR count). The molecular formula is C11H15NOS2. The van der Waals surface area contributed by atoms with E-state index in [-0.39, 0.29) is 5.12 Å². The molecule has 0 aliphatic carbocycles. The van der Waals surface area contributed by atoms with Crippen molar-refractivity contribution >= 4 is 34.3 Å². The summed E-state index contributed by atoms with van der Waals surface area (Å²) in [7, 11) is 0. The summed E-state index contributed by atoms with van der Waals surface area (Å²) in [5.74, 6) is 0.856. The first-order valence-electron chi connectivity index (χ1n) is 4.83. The Balaban J connectivity index is 2.35. The molecule has 0 bridgehead atoms. The van der Waals surface area contributed by atoms with Gasteiger partial charge in [0.1, 0.15) is 5.01 Å². The molecule has 4 heteroatoms. The average Bonchev–Trinajstić information content (AvgIpc) is 2.45. The fourth-order valence-corrected chi connectivity index (χ4v) is 2.42. The molecule has 0 aliphatic rings. The number of thiazole rings is 1. The van der Waals surface area contributed by atoms with Gasteiger partial charge in [0.25, 0.3) is 0 Å². The Morgan fingerprint density at radius 2 is 2.27 bits per heavy atom. The normalized spacial score (nSPS) is 11.1. The number of carbonyl (C=O) groups excluding carboxylic acids is 1. The summed E-state index contributed by atoms with van der Waals surface area (Å²) in [5.41, 5.74) is 1.11. The molecule has 0 radical (unpaired) electrons. The lowest BCUT2D eigenvalue weighted by Gasteiger charge is -1.90. The minimum atomic E-state index is 0.185. The predicted molar refractivity (Wildman–Crippen MR) is 68.4 cm³/mol. The van der Waals surface area contributed by atoms with Gasteiger partial charge >= 0.3 is 0 Å². The van der Waals surface area contributed by atoms with Crippen molar-refractivity contribution in [3.63, 3.8) is 0 Å². The van der Waals surface area contributed by atoms with Gasteiger partial charge in [0, 0.05) is 17.6 Å². The number of hydrogen-bond acceptors (Lipinski definition) is 4. The zero-order chi connectivity index (χ0) is 11.3. The van der Waals surface area contributed by atoms with Crippen LogP contribution in [0, 0.1) is 13.8 Å². The molecule has 0 aliphatic heterocycles. The minimum absolute atomic E-state index is 0.185. The summed E-state index contributed by atoms with van der Waals surface area (Å²) < 4.78 is 0. The molecule has 1 heterocycles. The fourth-order valence-electron chi connectivity index (χ4n) is 1.02. The van der Waals surface area contributed by atoms with Crippen LogP contribution >= 0.6 is 23.1 Å². The number of aromatic nitrogens is 1. The van der Waals surface area contributed by atoms with Crippen molar-refractivity contribution in [3.8, 4) is 0 Å². The Labute approximate surface area is 98.8 Å². The van der Waals surface area contributed by atoms with Crippen LogP contribution in [-0.4, -0.2) is 15.9 Å². The molecule has 15 heavy (non-hydrogen) atoms. The van der Waals surface area contributed by atoms with Gasteiger partial charge in [-0.05, 0) is 26.3 Å². The zero-order valence-corrected chi connectivity index (χ0v) is 10.9. The van der Waals surface area contributed by atoms with Crippen LogP contribution in [0.5, 0.6) is 0 Å². The Morgan fingerprint density at radius 3 is 2.80 bits per heavy atom. The molecule has 1 aromatic heterocycles. The third-order valence-corrected chi connectivity index (χ3v) is 3.78. The Morgan fingerprint density at radius 1 is 1.53 bits per heavy atom. The SMILES string of the molecule is CC(=O)SCCC=Cc1nc(C)c(C)s1. The van der Waals surface area contributed by atoms with Crippen LogP contribution < -0.4 is 0 Å². The number of aryl methyl sites for hydroxylation is 2. The average molecular weight is 241 g/mol. The fraction of sp³-hybridized carbons (Fsp3) is 0.455. The molecule has 0 saturated carbocycles. The number of nitrogens with zero attached hydrogens (tertiary/aromatic N) is 1. The maximum atomic E-state index is 10.7. The third kappa shape index (κ3) is 4.62. The largest absolute Gasteiger partial charge is 0.288 e. The van der Waals surface area contributed by atoms with Gasteiger partial charge in [0.2, 0.25) is 0 Å². The summed E-state index contributed by atoms with van der Waals surface area (Å²) >= 11 is 3.07. The first-order chi connectivity index (χ1) is 7.09. The lowest BCUT2D eigenvalue weighted by atomic mass is 10.4. The second-order valence-electron chi connectivity index (χ2n) is 3.22. The monoisotopic (exact) mass is 241 g/mol. The van der Waals surface area contributed by atoms with Crippen molar-refractivity contribution in [2.24, 2.45) is 0 Å². The number of allylic oxidation sites excluding steroid dienone is 1.